The van der Waals surface area contributed by atoms with Gasteiger partial charge in [-0.15, -0.1) is 0 Å². The van der Waals surface area contributed by atoms with Crippen molar-refractivity contribution in [3.8, 4) is 0 Å². The molecule has 0 saturated carbocycles. The zero-order chi connectivity index (χ0) is 21.3. The zero-order valence-corrected chi connectivity index (χ0v) is 17.2. The first-order valence-electron chi connectivity index (χ1n) is 9.84. The number of hydrogen-bond acceptors (Lipinski definition) is 3. The van der Waals surface area contributed by atoms with Crippen LogP contribution in [0.4, 0.5) is 8.78 Å². The smallest absolute Gasteiger partial charge is 0.236 e. The summed E-state index contributed by atoms with van der Waals surface area (Å²) in [5, 5.41) is 0. The molecular formula is C22H22F2N2O3S. The Balaban J connectivity index is 1.47. The molecule has 0 radical (unpaired) electrons. The molecule has 2 aliphatic heterocycles. The molecule has 2 heterocycles. The Labute approximate surface area is 176 Å². The molecule has 0 bridgehead atoms. The lowest BCUT2D eigenvalue weighted by atomic mass is 10.00. The van der Waals surface area contributed by atoms with Crippen LogP contribution in [-0.2, 0) is 33.4 Å². The second kappa shape index (κ2) is 8.26. The maximum atomic E-state index is 13.9. The van der Waals surface area contributed by atoms with E-state index < -0.39 is 21.5 Å². The molecule has 8 heteroatoms. The van der Waals surface area contributed by atoms with Crippen LogP contribution in [0.25, 0.3) is 0 Å². The van der Waals surface area contributed by atoms with Gasteiger partial charge >= 0.3 is 0 Å². The maximum absolute atomic E-state index is 13.9. The number of nitrogens with zero attached hydrogens (tertiary/aromatic N) is 2. The normalized spacial score (nSPS) is 20.7. The first-order valence-corrected chi connectivity index (χ1v) is 11.2. The quantitative estimate of drug-likeness (QED) is 0.746. The molecule has 0 N–H and O–H groups in total. The molecule has 30 heavy (non-hydrogen) atoms. The van der Waals surface area contributed by atoms with E-state index in [-0.39, 0.29) is 36.4 Å². The fraction of sp³-hybridized carbons (Fsp3) is 0.364. The van der Waals surface area contributed by atoms with Crippen molar-refractivity contribution in [2.45, 2.75) is 30.7 Å². The van der Waals surface area contributed by atoms with Crippen LogP contribution in [0.2, 0.25) is 0 Å². The van der Waals surface area contributed by atoms with Crippen LogP contribution in [0, 0.1) is 11.6 Å². The minimum Gasteiger partial charge on any atom is -0.342 e. The third-order valence-corrected chi connectivity index (χ3v) is 7.88. The lowest BCUT2D eigenvalue weighted by Gasteiger charge is -2.43. The standard InChI is InChI=1S/C22H22F2N2O3S/c23-18-6-3-4-16(12-18)14-26-21(28)15-30(29)22(26)8-10-25(11-9-22)20(27)13-17-5-1-2-7-19(17)24/h1-7,12H,8-11,13-15H2. The van der Waals surface area contributed by atoms with E-state index in [1.54, 1.807) is 40.1 Å². The van der Waals surface area contributed by atoms with Crippen molar-refractivity contribution in [1.82, 2.24) is 9.80 Å². The Morgan fingerprint density at radius 3 is 2.50 bits per heavy atom. The van der Waals surface area contributed by atoms with Gasteiger partial charge in [-0.1, -0.05) is 30.3 Å². The molecule has 1 unspecified atom stereocenters. The van der Waals surface area contributed by atoms with Crippen LogP contribution in [0.5, 0.6) is 0 Å². The lowest BCUT2D eigenvalue weighted by molar-refractivity contribution is -0.135. The number of carbonyl (C=O) groups excluding carboxylic acids is 2. The molecule has 1 spiro atoms. The van der Waals surface area contributed by atoms with E-state index in [1.807, 2.05) is 0 Å². The third-order valence-electron chi connectivity index (χ3n) is 5.90. The predicted octanol–water partition coefficient (Wildman–Crippen LogP) is 2.62. The maximum Gasteiger partial charge on any atom is 0.236 e. The van der Waals surface area contributed by atoms with Gasteiger partial charge in [-0.3, -0.25) is 13.8 Å². The van der Waals surface area contributed by atoms with Crippen LogP contribution >= 0.6 is 0 Å². The second-order valence-corrected chi connectivity index (χ2v) is 9.43. The Bertz CT molecular complexity index is 1010. The fourth-order valence-electron chi connectivity index (χ4n) is 4.24. The molecule has 5 nitrogen and oxygen atoms in total. The predicted molar refractivity (Wildman–Crippen MR) is 109 cm³/mol. The summed E-state index contributed by atoms with van der Waals surface area (Å²) in [6.45, 7) is 0.865. The topological polar surface area (TPSA) is 57.7 Å². The Morgan fingerprint density at radius 1 is 1.07 bits per heavy atom. The van der Waals surface area contributed by atoms with Crippen molar-refractivity contribution in [3.63, 3.8) is 0 Å². The van der Waals surface area contributed by atoms with Gasteiger partial charge in [0.25, 0.3) is 0 Å². The van der Waals surface area contributed by atoms with Crippen molar-refractivity contribution in [2.24, 2.45) is 0 Å². The lowest BCUT2D eigenvalue weighted by Crippen LogP contribution is -2.55. The summed E-state index contributed by atoms with van der Waals surface area (Å²) in [5.41, 5.74) is 0.981. The molecule has 158 valence electrons. The van der Waals surface area contributed by atoms with Crippen molar-refractivity contribution in [1.29, 1.82) is 0 Å². The molecule has 1 atom stereocenters. The average Bonchev–Trinajstić information content (AvgIpc) is 2.94. The third kappa shape index (κ3) is 3.88. The Hall–Kier alpha value is -2.61. The van der Waals surface area contributed by atoms with E-state index in [1.165, 1.54) is 18.2 Å². The molecule has 2 saturated heterocycles. The number of hydrogen-bond donors (Lipinski definition) is 0. The van der Waals surface area contributed by atoms with Gasteiger partial charge in [0, 0.05) is 32.5 Å². The second-order valence-electron chi connectivity index (χ2n) is 7.69. The number of halogens is 2. The first-order chi connectivity index (χ1) is 14.4. The Morgan fingerprint density at radius 2 is 1.80 bits per heavy atom. The molecule has 4 rings (SSSR count). The largest absolute Gasteiger partial charge is 0.342 e. The molecule has 2 aliphatic rings. The molecule has 2 fully saturated rings. The summed E-state index contributed by atoms with van der Waals surface area (Å²) >= 11 is 0. The van der Waals surface area contributed by atoms with E-state index in [0.717, 1.165) is 0 Å². The van der Waals surface area contributed by atoms with E-state index in [2.05, 4.69) is 0 Å². The summed E-state index contributed by atoms with van der Waals surface area (Å²) in [6, 6.07) is 12.2. The summed E-state index contributed by atoms with van der Waals surface area (Å²) in [4.78, 5) is 27.6. The summed E-state index contributed by atoms with van der Waals surface area (Å²) in [7, 11) is -1.39. The van der Waals surface area contributed by atoms with E-state index >= 15 is 0 Å². The van der Waals surface area contributed by atoms with Crippen LogP contribution in [0.3, 0.4) is 0 Å². The number of piperidine rings is 1. The van der Waals surface area contributed by atoms with Crippen molar-refractivity contribution in [2.75, 3.05) is 18.8 Å². The summed E-state index contributed by atoms with van der Waals surface area (Å²) < 4.78 is 40.3. The minimum absolute atomic E-state index is 0.0330. The molecule has 2 amide bonds. The van der Waals surface area contributed by atoms with Gasteiger partial charge in [0.2, 0.25) is 11.8 Å². The summed E-state index contributed by atoms with van der Waals surface area (Å²) in [6.07, 6.45) is 0.724. The molecule has 2 aromatic carbocycles. The Kier molecular flexibility index (Phi) is 5.69. The number of benzene rings is 2. The number of amides is 2. The SMILES string of the molecule is O=C(Cc1ccccc1F)N1CCC2(CC1)N(Cc1cccc(F)c1)C(=O)CS2=O. The van der Waals surface area contributed by atoms with Crippen molar-refractivity contribution in [3.05, 3.63) is 71.3 Å². The van der Waals surface area contributed by atoms with E-state index in [0.29, 0.717) is 37.1 Å². The van der Waals surface area contributed by atoms with Crippen molar-refractivity contribution < 1.29 is 22.6 Å². The highest BCUT2D eigenvalue weighted by atomic mass is 32.2. The van der Waals surface area contributed by atoms with Gasteiger partial charge in [-0.25, -0.2) is 8.78 Å². The average molecular weight is 432 g/mol. The molecule has 0 aromatic heterocycles. The van der Waals surface area contributed by atoms with Gasteiger partial charge in [0.05, 0.1) is 17.2 Å². The molecule has 0 aliphatic carbocycles. The van der Waals surface area contributed by atoms with Crippen LogP contribution < -0.4 is 0 Å². The number of carbonyl (C=O) groups is 2. The first kappa shape index (κ1) is 20.7. The van der Waals surface area contributed by atoms with Gasteiger partial charge < -0.3 is 9.80 Å². The molecular weight excluding hydrogens is 410 g/mol. The van der Waals surface area contributed by atoms with Crippen LogP contribution in [-0.4, -0.2) is 49.5 Å². The zero-order valence-electron chi connectivity index (χ0n) is 16.4. The highest BCUT2D eigenvalue weighted by Crippen LogP contribution is 2.38. The monoisotopic (exact) mass is 432 g/mol. The van der Waals surface area contributed by atoms with Gasteiger partial charge in [-0.2, -0.15) is 0 Å². The van der Waals surface area contributed by atoms with Crippen LogP contribution in [0.1, 0.15) is 24.0 Å². The summed E-state index contributed by atoms with van der Waals surface area (Å²) in [5.74, 6) is -1.27. The van der Waals surface area contributed by atoms with Gasteiger partial charge in [-0.05, 0) is 29.3 Å². The minimum atomic E-state index is -1.39. The number of likely N-dealkylation sites (tertiary alicyclic amines) is 1. The van der Waals surface area contributed by atoms with Crippen LogP contribution in [0.15, 0.2) is 48.5 Å². The molecule has 2 aromatic rings. The highest BCUT2D eigenvalue weighted by molar-refractivity contribution is 7.87. The van der Waals surface area contributed by atoms with Gasteiger partial charge in [0.1, 0.15) is 22.3 Å². The van der Waals surface area contributed by atoms with Crippen molar-refractivity contribution >= 4 is 22.6 Å². The highest BCUT2D eigenvalue weighted by Gasteiger charge is 2.53. The van der Waals surface area contributed by atoms with E-state index in [9.17, 15) is 22.6 Å². The van der Waals surface area contributed by atoms with E-state index in [4.69, 9.17) is 0 Å². The number of rotatable bonds is 4. The fourth-order valence-corrected chi connectivity index (χ4v) is 5.94. The van der Waals surface area contributed by atoms with Gasteiger partial charge in [0.15, 0.2) is 0 Å².